The molecule has 0 spiro atoms. The Kier molecular flexibility index (Phi) is 6.09. The van der Waals surface area contributed by atoms with Gasteiger partial charge in [-0.25, -0.2) is 22.8 Å². The van der Waals surface area contributed by atoms with E-state index in [9.17, 15) is 22.0 Å². The maximum absolute atomic E-state index is 13.4. The van der Waals surface area contributed by atoms with E-state index in [2.05, 4.69) is 25.0 Å². The number of aromatic nitrogens is 5. The van der Waals surface area contributed by atoms with Crippen LogP contribution in [0.3, 0.4) is 0 Å². The lowest BCUT2D eigenvalue weighted by atomic mass is 10.2. The van der Waals surface area contributed by atoms with E-state index in [0.717, 1.165) is 12.1 Å². The summed E-state index contributed by atoms with van der Waals surface area (Å²) in [6.07, 6.45) is -0.260. The van der Waals surface area contributed by atoms with E-state index in [1.165, 1.54) is 29.2 Å². The second-order valence-electron chi connectivity index (χ2n) is 5.35. The highest BCUT2D eigenvalue weighted by Gasteiger charge is 2.15. The van der Waals surface area contributed by atoms with Crippen LogP contribution < -0.4 is 4.74 Å². The minimum atomic E-state index is -2.97. The van der Waals surface area contributed by atoms with Gasteiger partial charge in [0.1, 0.15) is 18.1 Å². The summed E-state index contributed by atoms with van der Waals surface area (Å²) in [4.78, 5) is 7.72. The molecule has 3 aromatic rings. The van der Waals surface area contributed by atoms with E-state index in [1.807, 2.05) is 0 Å². The SMILES string of the molecule is Fc1ccc(-n2cc(COc3nccc(COC(F)F)n3)nn2)cc1C(F)F. The zero-order valence-electron chi connectivity index (χ0n) is 14.0. The van der Waals surface area contributed by atoms with E-state index >= 15 is 0 Å². The van der Waals surface area contributed by atoms with Crippen LogP contribution in [0.25, 0.3) is 5.69 Å². The molecule has 7 nitrogen and oxygen atoms in total. The van der Waals surface area contributed by atoms with Crippen LogP contribution in [0.15, 0.2) is 36.7 Å². The third-order valence-corrected chi connectivity index (χ3v) is 3.42. The Labute approximate surface area is 154 Å². The highest BCUT2D eigenvalue weighted by molar-refractivity contribution is 5.36. The summed E-state index contributed by atoms with van der Waals surface area (Å²) >= 11 is 0. The molecule has 0 bridgehead atoms. The second-order valence-corrected chi connectivity index (χ2v) is 5.35. The molecule has 0 amide bonds. The zero-order valence-corrected chi connectivity index (χ0v) is 14.0. The third kappa shape index (κ3) is 4.97. The Balaban J connectivity index is 1.66. The van der Waals surface area contributed by atoms with Crippen LogP contribution >= 0.6 is 0 Å². The Hall–Kier alpha value is -3.15. The largest absolute Gasteiger partial charge is 0.457 e. The van der Waals surface area contributed by atoms with Crippen LogP contribution in [0.5, 0.6) is 6.01 Å². The first-order valence-corrected chi connectivity index (χ1v) is 7.76. The van der Waals surface area contributed by atoms with Crippen LogP contribution in [-0.2, 0) is 18.0 Å². The van der Waals surface area contributed by atoms with Gasteiger partial charge in [0.15, 0.2) is 0 Å². The molecule has 28 heavy (non-hydrogen) atoms. The van der Waals surface area contributed by atoms with Gasteiger partial charge in [0.05, 0.1) is 29.7 Å². The van der Waals surface area contributed by atoms with Crippen molar-refractivity contribution in [2.45, 2.75) is 26.3 Å². The fourth-order valence-corrected chi connectivity index (χ4v) is 2.14. The van der Waals surface area contributed by atoms with Crippen molar-refractivity contribution in [2.75, 3.05) is 0 Å². The Morgan fingerprint density at radius 1 is 1.04 bits per heavy atom. The molecule has 0 saturated carbocycles. The molecule has 0 atom stereocenters. The second kappa shape index (κ2) is 8.69. The lowest BCUT2D eigenvalue weighted by molar-refractivity contribution is -0.138. The van der Waals surface area contributed by atoms with Gasteiger partial charge in [-0.1, -0.05) is 5.21 Å². The molecule has 0 N–H and O–H groups in total. The van der Waals surface area contributed by atoms with E-state index in [0.29, 0.717) is 5.69 Å². The van der Waals surface area contributed by atoms with E-state index < -0.39 is 31.0 Å². The Bertz CT molecular complexity index is 937. The summed E-state index contributed by atoms with van der Waals surface area (Å²) in [5.41, 5.74) is -0.0552. The first kappa shape index (κ1) is 19.6. The van der Waals surface area contributed by atoms with Crippen molar-refractivity contribution in [2.24, 2.45) is 0 Å². The van der Waals surface area contributed by atoms with E-state index in [4.69, 9.17) is 4.74 Å². The van der Waals surface area contributed by atoms with Crippen molar-refractivity contribution in [1.29, 1.82) is 0 Å². The molecule has 0 aliphatic heterocycles. The van der Waals surface area contributed by atoms with Crippen molar-refractivity contribution in [3.63, 3.8) is 0 Å². The minimum absolute atomic E-state index is 0.0910. The fraction of sp³-hybridized carbons (Fsp3) is 0.250. The molecule has 2 aromatic heterocycles. The maximum atomic E-state index is 13.4. The van der Waals surface area contributed by atoms with Crippen LogP contribution in [0.4, 0.5) is 22.0 Å². The highest BCUT2D eigenvalue weighted by Crippen LogP contribution is 2.24. The summed E-state index contributed by atoms with van der Waals surface area (Å²) < 4.78 is 73.7. The fourth-order valence-electron chi connectivity index (χ4n) is 2.14. The van der Waals surface area contributed by atoms with Crippen molar-refractivity contribution in [3.05, 3.63) is 59.4 Å². The molecule has 148 valence electrons. The first-order valence-electron chi connectivity index (χ1n) is 7.76. The average Bonchev–Trinajstić information content (AvgIpc) is 3.14. The van der Waals surface area contributed by atoms with Crippen LogP contribution in [0.2, 0.25) is 0 Å². The molecular weight excluding hydrogens is 389 g/mol. The molecule has 0 unspecified atom stereocenters. The molecule has 0 aliphatic carbocycles. The number of benzene rings is 1. The van der Waals surface area contributed by atoms with Crippen molar-refractivity contribution < 1.29 is 31.4 Å². The number of rotatable bonds is 8. The summed E-state index contributed by atoms with van der Waals surface area (Å²) in [6.45, 7) is -3.46. The molecule has 0 saturated heterocycles. The molecule has 0 radical (unpaired) electrons. The van der Waals surface area contributed by atoms with Gasteiger partial charge in [-0.3, -0.25) is 0 Å². The number of hydrogen-bond donors (Lipinski definition) is 0. The Morgan fingerprint density at radius 3 is 2.61 bits per heavy atom. The van der Waals surface area contributed by atoms with E-state index in [1.54, 1.807) is 0 Å². The van der Waals surface area contributed by atoms with Crippen molar-refractivity contribution in [1.82, 2.24) is 25.0 Å². The summed E-state index contributed by atoms with van der Waals surface area (Å²) in [6, 6.07) is 4.45. The van der Waals surface area contributed by atoms with Gasteiger partial charge in [-0.05, 0) is 24.3 Å². The normalized spacial score (nSPS) is 11.4. The minimum Gasteiger partial charge on any atom is -0.457 e. The molecule has 2 heterocycles. The van der Waals surface area contributed by atoms with Gasteiger partial charge >= 0.3 is 12.6 Å². The quantitative estimate of drug-likeness (QED) is 0.539. The first-order chi connectivity index (χ1) is 13.4. The highest BCUT2D eigenvalue weighted by atomic mass is 19.3. The van der Waals surface area contributed by atoms with Crippen LogP contribution in [0.1, 0.15) is 23.4 Å². The number of alkyl halides is 4. The summed E-state index contributed by atoms with van der Waals surface area (Å²) in [5, 5.41) is 7.58. The molecule has 3 rings (SSSR count). The third-order valence-electron chi connectivity index (χ3n) is 3.42. The van der Waals surface area contributed by atoms with Gasteiger partial charge in [0.25, 0.3) is 6.43 Å². The number of halogens is 5. The molecule has 0 fully saturated rings. The van der Waals surface area contributed by atoms with Gasteiger partial charge in [-0.2, -0.15) is 13.8 Å². The van der Waals surface area contributed by atoms with E-state index in [-0.39, 0.29) is 24.0 Å². The molecular formula is C16H12F5N5O2. The average molecular weight is 401 g/mol. The predicted octanol–water partition coefficient (Wildman–Crippen LogP) is 3.45. The molecule has 12 heteroatoms. The standard InChI is InChI=1S/C16H12F5N5O2/c17-13-2-1-11(5-12(13)14(18)19)26-6-10(24-25-26)8-28-16-22-4-3-9(23-16)7-27-15(20)21/h1-6,14-15H,7-8H2. The maximum Gasteiger partial charge on any atom is 0.345 e. The van der Waals surface area contributed by atoms with Gasteiger partial charge in [0, 0.05) is 6.20 Å². The van der Waals surface area contributed by atoms with Crippen molar-refractivity contribution >= 4 is 0 Å². The lowest BCUT2D eigenvalue weighted by Crippen LogP contribution is -2.04. The summed E-state index contributed by atoms with van der Waals surface area (Å²) in [7, 11) is 0. The van der Waals surface area contributed by atoms with Gasteiger partial charge in [-0.15, -0.1) is 5.10 Å². The van der Waals surface area contributed by atoms with Crippen molar-refractivity contribution in [3.8, 4) is 11.7 Å². The molecule has 1 aromatic carbocycles. The lowest BCUT2D eigenvalue weighted by Gasteiger charge is -2.05. The van der Waals surface area contributed by atoms with Gasteiger partial charge in [0.2, 0.25) is 0 Å². The predicted molar refractivity (Wildman–Crippen MR) is 83.4 cm³/mol. The zero-order chi connectivity index (χ0) is 20.1. The number of nitrogens with zero attached hydrogens (tertiary/aromatic N) is 5. The Morgan fingerprint density at radius 2 is 1.86 bits per heavy atom. The van der Waals surface area contributed by atoms with Gasteiger partial charge < -0.3 is 9.47 Å². The number of hydrogen-bond acceptors (Lipinski definition) is 6. The topological polar surface area (TPSA) is 75.0 Å². The molecule has 0 aliphatic rings. The number of ether oxygens (including phenoxy) is 2. The summed E-state index contributed by atoms with van der Waals surface area (Å²) in [5.74, 6) is -1.02. The smallest absolute Gasteiger partial charge is 0.345 e. The van der Waals surface area contributed by atoms with Crippen LogP contribution in [-0.4, -0.2) is 31.6 Å². The monoisotopic (exact) mass is 401 g/mol. The van der Waals surface area contributed by atoms with Crippen LogP contribution in [0, 0.1) is 5.82 Å².